The number of amides is 3. The summed E-state index contributed by atoms with van der Waals surface area (Å²) in [7, 11) is 1.53. The number of ether oxygens (including phenoxy) is 1. The molecule has 0 unspecified atom stereocenters. The maximum atomic E-state index is 13.6. The van der Waals surface area contributed by atoms with E-state index in [2.05, 4.69) is 10.4 Å². The second-order valence-corrected chi connectivity index (χ2v) is 8.66. The number of nitrogens with one attached hydrogen (secondary N) is 2. The Morgan fingerprint density at radius 1 is 0.895 bits per heavy atom. The average Bonchev–Trinajstić information content (AvgIpc) is 3.36. The lowest BCUT2D eigenvalue weighted by Gasteiger charge is -2.11. The zero-order chi connectivity index (χ0) is 26.8. The van der Waals surface area contributed by atoms with Gasteiger partial charge in [0.25, 0.3) is 11.5 Å². The van der Waals surface area contributed by atoms with Crippen LogP contribution < -0.4 is 15.6 Å². The Morgan fingerprint density at radius 2 is 1.63 bits per heavy atom. The van der Waals surface area contributed by atoms with E-state index in [9.17, 15) is 23.2 Å². The number of aromatic amines is 1. The highest BCUT2D eigenvalue weighted by molar-refractivity contribution is 6.13. The van der Waals surface area contributed by atoms with Crippen LogP contribution in [-0.2, 0) is 17.8 Å². The summed E-state index contributed by atoms with van der Waals surface area (Å²) in [6.07, 6.45) is 1.55. The number of halogens is 2. The van der Waals surface area contributed by atoms with Crippen molar-refractivity contribution < 1.29 is 23.1 Å². The number of H-pyrrole nitrogens is 1. The van der Waals surface area contributed by atoms with Crippen molar-refractivity contribution in [1.82, 2.24) is 20.0 Å². The lowest BCUT2D eigenvalue weighted by Crippen LogP contribution is -2.30. The van der Waals surface area contributed by atoms with Gasteiger partial charge in [0.2, 0.25) is 0 Å². The minimum Gasteiger partial charge on any atom is -0.497 e. The number of aromatic nitrogens is 2. The van der Waals surface area contributed by atoms with Crippen LogP contribution in [0.3, 0.4) is 0 Å². The van der Waals surface area contributed by atoms with Crippen molar-refractivity contribution in [3.8, 4) is 11.4 Å². The summed E-state index contributed by atoms with van der Waals surface area (Å²) < 4.78 is 33.5. The Morgan fingerprint density at radius 3 is 2.32 bits per heavy atom. The van der Waals surface area contributed by atoms with E-state index < -0.39 is 29.1 Å². The quantitative estimate of drug-likeness (QED) is 0.285. The Hall–Kier alpha value is -4.99. The van der Waals surface area contributed by atoms with Gasteiger partial charge in [-0.1, -0.05) is 24.3 Å². The molecular formula is C28H22F2N4O4. The number of nitrogens with zero attached hydrogens (tertiary/aromatic N) is 2. The van der Waals surface area contributed by atoms with Crippen molar-refractivity contribution in [2.75, 3.05) is 7.11 Å². The van der Waals surface area contributed by atoms with E-state index in [4.69, 9.17) is 4.74 Å². The van der Waals surface area contributed by atoms with Crippen LogP contribution in [0.4, 0.5) is 13.6 Å². The van der Waals surface area contributed by atoms with Crippen LogP contribution in [0.25, 0.3) is 11.8 Å². The highest BCUT2D eigenvalue weighted by Crippen LogP contribution is 2.21. The van der Waals surface area contributed by atoms with E-state index in [1.54, 1.807) is 42.5 Å². The number of hydrogen-bond donors (Lipinski definition) is 2. The SMILES string of the molecule is COc1ccc(-n2[nH]c(Cc3ccc(F)cc3)c(C=C3NC(=O)N(Cc4cccc(F)c4)C3=O)c2=O)cc1. The predicted molar refractivity (Wildman–Crippen MR) is 136 cm³/mol. The first-order valence-electron chi connectivity index (χ1n) is 11.6. The molecule has 3 amide bonds. The largest absolute Gasteiger partial charge is 0.497 e. The van der Waals surface area contributed by atoms with Gasteiger partial charge in [0.1, 0.15) is 23.1 Å². The molecule has 1 aliphatic rings. The van der Waals surface area contributed by atoms with E-state index >= 15 is 0 Å². The number of imide groups is 1. The van der Waals surface area contributed by atoms with Crippen LogP contribution >= 0.6 is 0 Å². The van der Waals surface area contributed by atoms with Gasteiger partial charge in [0, 0.05) is 12.1 Å². The molecule has 8 nitrogen and oxygen atoms in total. The van der Waals surface area contributed by atoms with Crippen LogP contribution in [-0.4, -0.2) is 33.7 Å². The van der Waals surface area contributed by atoms with Crippen LogP contribution in [0.2, 0.25) is 0 Å². The summed E-state index contributed by atoms with van der Waals surface area (Å²) in [6.45, 7) is -0.134. The summed E-state index contributed by atoms with van der Waals surface area (Å²) >= 11 is 0. The van der Waals surface area contributed by atoms with Gasteiger partial charge < -0.3 is 10.1 Å². The van der Waals surface area contributed by atoms with Gasteiger partial charge in [-0.05, 0) is 65.7 Å². The minimum absolute atomic E-state index is 0.0928. The lowest BCUT2D eigenvalue weighted by molar-refractivity contribution is -0.123. The number of rotatable bonds is 7. The maximum Gasteiger partial charge on any atom is 0.329 e. The first-order chi connectivity index (χ1) is 18.3. The van der Waals surface area contributed by atoms with Crippen molar-refractivity contribution in [1.29, 1.82) is 0 Å². The van der Waals surface area contributed by atoms with E-state index in [0.717, 1.165) is 10.5 Å². The molecule has 2 heterocycles. The monoisotopic (exact) mass is 516 g/mol. The Bertz CT molecular complexity index is 1610. The average molecular weight is 517 g/mol. The van der Waals surface area contributed by atoms with Gasteiger partial charge in [-0.15, -0.1) is 0 Å². The molecule has 3 aromatic carbocycles. The molecule has 0 saturated carbocycles. The van der Waals surface area contributed by atoms with Crippen molar-refractivity contribution in [2.45, 2.75) is 13.0 Å². The van der Waals surface area contributed by atoms with E-state index in [1.165, 1.54) is 48.2 Å². The summed E-state index contributed by atoms with van der Waals surface area (Å²) in [4.78, 5) is 40.1. The number of urea groups is 1. The van der Waals surface area contributed by atoms with Gasteiger partial charge in [-0.25, -0.2) is 18.3 Å². The number of benzene rings is 3. The normalized spacial score (nSPS) is 14.3. The molecule has 1 saturated heterocycles. The smallest absolute Gasteiger partial charge is 0.329 e. The molecule has 0 aliphatic carbocycles. The zero-order valence-electron chi connectivity index (χ0n) is 20.2. The lowest BCUT2D eigenvalue weighted by atomic mass is 10.1. The van der Waals surface area contributed by atoms with Gasteiger partial charge >= 0.3 is 6.03 Å². The molecule has 0 bridgehead atoms. The fraction of sp³-hybridized carbons (Fsp3) is 0.107. The number of hydrogen-bond acceptors (Lipinski definition) is 4. The van der Waals surface area contributed by atoms with Crippen LogP contribution in [0.15, 0.2) is 83.3 Å². The molecule has 5 rings (SSSR count). The molecule has 0 atom stereocenters. The second kappa shape index (κ2) is 10.2. The van der Waals surface area contributed by atoms with Crippen LogP contribution in [0.1, 0.15) is 22.4 Å². The van der Waals surface area contributed by atoms with Gasteiger partial charge in [0.05, 0.1) is 24.9 Å². The number of methoxy groups -OCH3 is 1. The van der Waals surface area contributed by atoms with Crippen molar-refractivity contribution >= 4 is 18.0 Å². The molecular weight excluding hydrogens is 494 g/mol. The van der Waals surface area contributed by atoms with Crippen molar-refractivity contribution in [2.24, 2.45) is 0 Å². The maximum absolute atomic E-state index is 13.6. The van der Waals surface area contributed by atoms with Crippen LogP contribution in [0.5, 0.6) is 5.75 Å². The fourth-order valence-electron chi connectivity index (χ4n) is 4.18. The third-order valence-corrected chi connectivity index (χ3v) is 6.11. The summed E-state index contributed by atoms with van der Waals surface area (Å²) in [5.74, 6) is -0.913. The van der Waals surface area contributed by atoms with Gasteiger partial charge in [-0.3, -0.25) is 19.6 Å². The first-order valence-corrected chi connectivity index (χ1v) is 11.6. The number of carbonyl (C=O) groups excluding carboxylic acids is 2. The Balaban J connectivity index is 1.52. The summed E-state index contributed by atoms with van der Waals surface area (Å²) in [5.41, 5.74) is 1.75. The minimum atomic E-state index is -0.684. The van der Waals surface area contributed by atoms with Crippen molar-refractivity contribution in [3.05, 3.63) is 123 Å². The Kier molecular flexibility index (Phi) is 6.61. The molecule has 1 aromatic heterocycles. The highest BCUT2D eigenvalue weighted by atomic mass is 19.1. The van der Waals surface area contributed by atoms with Crippen LogP contribution in [0, 0.1) is 11.6 Å². The van der Waals surface area contributed by atoms with Gasteiger partial charge in [0.15, 0.2) is 0 Å². The number of carbonyl (C=O) groups is 2. The van der Waals surface area contributed by atoms with Crippen molar-refractivity contribution in [3.63, 3.8) is 0 Å². The molecule has 1 aliphatic heterocycles. The third kappa shape index (κ3) is 4.96. The molecule has 1 fully saturated rings. The van der Waals surface area contributed by atoms with Gasteiger partial charge in [-0.2, -0.15) is 0 Å². The second-order valence-electron chi connectivity index (χ2n) is 8.66. The summed E-state index contributed by atoms with van der Waals surface area (Å²) in [6, 6.07) is 17.5. The highest BCUT2D eigenvalue weighted by Gasteiger charge is 2.34. The molecule has 192 valence electrons. The Labute approximate surface area is 215 Å². The molecule has 10 heteroatoms. The molecule has 0 spiro atoms. The molecule has 4 aromatic rings. The van der Waals surface area contributed by atoms with E-state index in [0.29, 0.717) is 22.7 Å². The molecule has 0 radical (unpaired) electrons. The summed E-state index contributed by atoms with van der Waals surface area (Å²) in [5, 5.41) is 5.57. The topological polar surface area (TPSA) is 96.4 Å². The van der Waals surface area contributed by atoms with E-state index in [1.807, 2.05) is 0 Å². The fourth-order valence-corrected chi connectivity index (χ4v) is 4.18. The molecule has 2 N–H and O–H groups in total. The third-order valence-electron chi connectivity index (χ3n) is 6.11. The van der Waals surface area contributed by atoms with E-state index in [-0.39, 0.29) is 24.2 Å². The standard InChI is InChI=1S/C28H22F2N4O4/c1-38-22-11-9-21(10-12-22)34-26(35)23(24(32-34)14-17-5-7-19(29)8-6-17)15-25-27(36)33(28(37)31-25)16-18-3-2-4-20(30)13-18/h2-13,15,32H,14,16H2,1H3,(H,31,37). The predicted octanol–water partition coefficient (Wildman–Crippen LogP) is 4.14. The first kappa shape index (κ1) is 24.7. The zero-order valence-corrected chi connectivity index (χ0v) is 20.2. The molecule has 38 heavy (non-hydrogen) atoms.